The van der Waals surface area contributed by atoms with Gasteiger partial charge in [0.2, 0.25) is 0 Å². The highest BCUT2D eigenvalue weighted by Gasteiger charge is 2.10. The highest BCUT2D eigenvalue weighted by atomic mass is 127. The Morgan fingerprint density at radius 1 is 1.35 bits per heavy atom. The van der Waals surface area contributed by atoms with Gasteiger partial charge in [-0.3, -0.25) is 0 Å². The first-order valence-electron chi connectivity index (χ1n) is 5.38. The molecular formula is C13H13BrINS. The van der Waals surface area contributed by atoms with Crippen LogP contribution in [-0.2, 0) is 6.42 Å². The van der Waals surface area contributed by atoms with Gasteiger partial charge in [0.05, 0.1) is 0 Å². The summed E-state index contributed by atoms with van der Waals surface area (Å²) in [4.78, 5) is 0. The Morgan fingerprint density at radius 3 is 2.88 bits per heavy atom. The van der Waals surface area contributed by atoms with Gasteiger partial charge in [-0.15, -0.1) is 0 Å². The van der Waals surface area contributed by atoms with Crippen LogP contribution in [0.5, 0.6) is 0 Å². The Balaban J connectivity index is 2.04. The van der Waals surface area contributed by atoms with E-state index in [4.69, 9.17) is 5.73 Å². The highest BCUT2D eigenvalue weighted by molar-refractivity contribution is 14.1. The number of benzene rings is 1. The highest BCUT2D eigenvalue weighted by Crippen LogP contribution is 2.27. The number of hydrogen-bond acceptors (Lipinski definition) is 2. The molecule has 0 aliphatic heterocycles. The number of halogens is 2. The van der Waals surface area contributed by atoms with Gasteiger partial charge in [-0.1, -0.05) is 15.9 Å². The van der Waals surface area contributed by atoms with Crippen molar-refractivity contribution in [2.24, 2.45) is 5.73 Å². The van der Waals surface area contributed by atoms with Crippen LogP contribution >= 0.6 is 49.9 Å². The molecule has 0 amide bonds. The molecule has 0 saturated heterocycles. The lowest BCUT2D eigenvalue weighted by molar-refractivity contribution is 0.649. The lowest BCUT2D eigenvalue weighted by atomic mass is 10.0. The van der Waals surface area contributed by atoms with Crippen LogP contribution in [0.1, 0.15) is 23.6 Å². The number of rotatable bonds is 4. The van der Waals surface area contributed by atoms with Crippen molar-refractivity contribution in [3.05, 3.63) is 54.2 Å². The second kappa shape index (κ2) is 6.31. The molecule has 2 aromatic rings. The summed E-state index contributed by atoms with van der Waals surface area (Å²) in [7, 11) is 0. The summed E-state index contributed by atoms with van der Waals surface area (Å²) >= 11 is 7.63. The van der Waals surface area contributed by atoms with E-state index in [0.29, 0.717) is 0 Å². The second-order valence-electron chi connectivity index (χ2n) is 3.94. The van der Waals surface area contributed by atoms with Gasteiger partial charge >= 0.3 is 0 Å². The maximum Gasteiger partial charge on any atom is 0.0309 e. The van der Waals surface area contributed by atoms with Crippen molar-refractivity contribution < 1.29 is 0 Å². The van der Waals surface area contributed by atoms with Gasteiger partial charge in [-0.25, -0.2) is 0 Å². The van der Waals surface area contributed by atoms with E-state index in [9.17, 15) is 0 Å². The number of aryl methyl sites for hydroxylation is 1. The van der Waals surface area contributed by atoms with E-state index in [1.807, 2.05) is 0 Å². The molecule has 0 bridgehead atoms. The standard InChI is InChI=1S/C13H13BrINS/c14-12-3-2-10(15)7-11(12)13(16)4-1-9-5-6-17-8-9/h2-3,5-8,13H,1,4,16H2. The van der Waals surface area contributed by atoms with Crippen molar-refractivity contribution in [1.82, 2.24) is 0 Å². The zero-order valence-electron chi connectivity index (χ0n) is 9.20. The third kappa shape index (κ3) is 3.77. The van der Waals surface area contributed by atoms with Gasteiger partial charge in [-0.05, 0) is 81.6 Å². The van der Waals surface area contributed by atoms with Crippen molar-refractivity contribution in [2.75, 3.05) is 0 Å². The van der Waals surface area contributed by atoms with Gasteiger partial charge in [0.15, 0.2) is 0 Å². The van der Waals surface area contributed by atoms with Gasteiger partial charge < -0.3 is 5.73 Å². The normalized spacial score (nSPS) is 12.6. The molecule has 1 unspecified atom stereocenters. The van der Waals surface area contributed by atoms with Gasteiger partial charge in [0.25, 0.3) is 0 Å². The summed E-state index contributed by atoms with van der Waals surface area (Å²) in [6.07, 6.45) is 2.03. The molecule has 2 rings (SSSR count). The van der Waals surface area contributed by atoms with Crippen LogP contribution in [0.15, 0.2) is 39.5 Å². The monoisotopic (exact) mass is 421 g/mol. The molecule has 2 N–H and O–H groups in total. The first-order chi connectivity index (χ1) is 8.16. The first-order valence-corrected chi connectivity index (χ1v) is 8.20. The number of hydrogen-bond donors (Lipinski definition) is 1. The fourth-order valence-electron chi connectivity index (χ4n) is 1.71. The number of nitrogens with two attached hydrogens (primary N) is 1. The summed E-state index contributed by atoms with van der Waals surface area (Å²) < 4.78 is 2.34. The van der Waals surface area contributed by atoms with E-state index in [2.05, 4.69) is 73.5 Å². The Hall–Kier alpha value is 0.0900. The predicted octanol–water partition coefficient (Wildman–Crippen LogP) is 4.75. The molecule has 1 heterocycles. The molecule has 17 heavy (non-hydrogen) atoms. The fourth-order valence-corrected chi connectivity index (χ4v) is 3.47. The van der Waals surface area contributed by atoms with E-state index in [-0.39, 0.29) is 6.04 Å². The molecule has 0 fully saturated rings. The van der Waals surface area contributed by atoms with E-state index >= 15 is 0 Å². The van der Waals surface area contributed by atoms with E-state index in [1.165, 1.54) is 14.7 Å². The summed E-state index contributed by atoms with van der Waals surface area (Å²) in [5, 5.41) is 4.30. The van der Waals surface area contributed by atoms with Crippen LogP contribution in [-0.4, -0.2) is 0 Å². The molecule has 0 radical (unpaired) electrons. The maximum atomic E-state index is 6.25. The Kier molecular flexibility index (Phi) is 5.02. The molecule has 0 saturated carbocycles. The second-order valence-corrected chi connectivity index (χ2v) is 6.82. The maximum absolute atomic E-state index is 6.25. The Labute approximate surface area is 128 Å². The average molecular weight is 422 g/mol. The summed E-state index contributed by atoms with van der Waals surface area (Å²) in [5.41, 5.74) is 8.83. The van der Waals surface area contributed by atoms with Gasteiger partial charge in [0, 0.05) is 14.1 Å². The van der Waals surface area contributed by atoms with Crippen molar-refractivity contribution in [3.8, 4) is 0 Å². The van der Waals surface area contributed by atoms with Crippen LogP contribution < -0.4 is 5.73 Å². The van der Waals surface area contributed by atoms with Crippen LogP contribution in [0, 0.1) is 3.57 Å². The molecule has 4 heteroatoms. The van der Waals surface area contributed by atoms with E-state index < -0.39 is 0 Å². The van der Waals surface area contributed by atoms with Gasteiger partial charge in [-0.2, -0.15) is 11.3 Å². The molecule has 0 spiro atoms. The van der Waals surface area contributed by atoms with E-state index in [1.54, 1.807) is 11.3 Å². The average Bonchev–Trinajstić information content (AvgIpc) is 2.82. The summed E-state index contributed by atoms with van der Waals surface area (Å²) in [6, 6.07) is 8.57. The lowest BCUT2D eigenvalue weighted by Gasteiger charge is -2.14. The summed E-state index contributed by atoms with van der Waals surface area (Å²) in [5.74, 6) is 0. The topological polar surface area (TPSA) is 26.0 Å². The predicted molar refractivity (Wildman–Crippen MR) is 86.4 cm³/mol. The summed E-state index contributed by atoms with van der Waals surface area (Å²) in [6.45, 7) is 0. The quantitative estimate of drug-likeness (QED) is 0.708. The Morgan fingerprint density at radius 2 is 2.18 bits per heavy atom. The molecule has 1 nitrogen and oxygen atoms in total. The van der Waals surface area contributed by atoms with Crippen molar-refractivity contribution >= 4 is 49.9 Å². The fraction of sp³-hybridized carbons (Fsp3) is 0.231. The van der Waals surface area contributed by atoms with Crippen LogP contribution in [0.3, 0.4) is 0 Å². The van der Waals surface area contributed by atoms with E-state index in [0.717, 1.165) is 17.3 Å². The molecular weight excluding hydrogens is 409 g/mol. The van der Waals surface area contributed by atoms with Crippen LogP contribution in [0.25, 0.3) is 0 Å². The van der Waals surface area contributed by atoms with Crippen LogP contribution in [0.4, 0.5) is 0 Å². The molecule has 0 aliphatic rings. The zero-order valence-corrected chi connectivity index (χ0v) is 13.8. The van der Waals surface area contributed by atoms with Crippen LogP contribution in [0.2, 0.25) is 0 Å². The largest absolute Gasteiger partial charge is 0.324 e. The molecule has 1 atom stereocenters. The van der Waals surface area contributed by atoms with Gasteiger partial charge in [0.1, 0.15) is 0 Å². The SMILES string of the molecule is NC(CCc1ccsc1)c1cc(I)ccc1Br. The number of thiophene rings is 1. The first kappa shape index (κ1) is 13.5. The van der Waals surface area contributed by atoms with Crippen molar-refractivity contribution in [2.45, 2.75) is 18.9 Å². The molecule has 1 aromatic carbocycles. The Bertz CT molecular complexity index is 484. The van der Waals surface area contributed by atoms with Crippen molar-refractivity contribution in [3.63, 3.8) is 0 Å². The smallest absolute Gasteiger partial charge is 0.0309 e. The zero-order chi connectivity index (χ0) is 12.3. The van der Waals surface area contributed by atoms with Crippen molar-refractivity contribution in [1.29, 1.82) is 0 Å². The molecule has 0 aliphatic carbocycles. The third-order valence-electron chi connectivity index (χ3n) is 2.68. The molecule has 90 valence electrons. The lowest BCUT2D eigenvalue weighted by Crippen LogP contribution is -2.12. The minimum atomic E-state index is 0.0963. The minimum Gasteiger partial charge on any atom is -0.324 e. The minimum absolute atomic E-state index is 0.0963. The molecule has 1 aromatic heterocycles. The third-order valence-corrected chi connectivity index (χ3v) is 4.81.